The molecule has 0 aromatic heterocycles. The second-order valence-electron chi connectivity index (χ2n) is 0. The zero-order valence-corrected chi connectivity index (χ0v) is 3.90. The molecule has 0 unspecified atom stereocenters. The quantitative estimate of drug-likeness (QED) is 0.474. The maximum absolute atomic E-state index is 7.00. The van der Waals surface area contributed by atoms with E-state index in [4.69, 9.17) is 5.11 Å². The number of rotatable bonds is 0. The topological polar surface area (TPSA) is 20.2 Å². The molecule has 0 bridgehead atoms. The summed E-state index contributed by atoms with van der Waals surface area (Å²) in [4.78, 5) is 0. The molecule has 0 aliphatic rings. The van der Waals surface area contributed by atoms with Gasteiger partial charge in [0.15, 0.2) is 0 Å². The zero-order chi connectivity index (χ0) is 2.00. The van der Waals surface area contributed by atoms with E-state index in [2.05, 4.69) is 0 Å². The summed E-state index contributed by atoms with van der Waals surface area (Å²) in [6.07, 6.45) is 0. The standard InChI is InChI=1S/CH4O.2ClH/c1-2;;/h2H,1H3;2*1H. The maximum Gasteiger partial charge on any atom is 0.0319 e. The van der Waals surface area contributed by atoms with Gasteiger partial charge in [0.1, 0.15) is 0 Å². The molecule has 0 rings (SSSR count). The number of hydrogen-bond acceptors (Lipinski definition) is 1. The Kier molecular flexibility index (Phi) is 470. The molecule has 0 radical (unpaired) electrons. The lowest BCUT2D eigenvalue weighted by Crippen LogP contribution is -1.25. The smallest absolute Gasteiger partial charge is 0.0319 e. The molecule has 0 fully saturated rings. The van der Waals surface area contributed by atoms with Gasteiger partial charge in [0.2, 0.25) is 0 Å². The summed E-state index contributed by atoms with van der Waals surface area (Å²) in [5, 5.41) is 7.00. The largest absolute Gasteiger partial charge is 0.400 e. The van der Waals surface area contributed by atoms with Gasteiger partial charge in [-0.3, -0.25) is 0 Å². The first-order chi connectivity index (χ1) is 1.00. The van der Waals surface area contributed by atoms with Crippen molar-refractivity contribution in [1.82, 2.24) is 0 Å². The van der Waals surface area contributed by atoms with E-state index >= 15 is 0 Å². The van der Waals surface area contributed by atoms with Crippen LogP contribution in [-0.2, 0) is 0 Å². The van der Waals surface area contributed by atoms with E-state index in [9.17, 15) is 0 Å². The van der Waals surface area contributed by atoms with Crippen LogP contribution in [-0.4, -0.2) is 12.2 Å². The monoisotopic (exact) mass is 104 g/mol. The lowest BCUT2D eigenvalue weighted by atomic mass is 11.8. The number of aliphatic hydroxyl groups excluding tert-OH is 1. The summed E-state index contributed by atoms with van der Waals surface area (Å²) in [6.45, 7) is 0. The number of halogens is 2. The SMILES string of the molecule is CO.Cl.Cl. The van der Waals surface area contributed by atoms with Crippen molar-refractivity contribution in [2.75, 3.05) is 7.11 Å². The van der Waals surface area contributed by atoms with Crippen LogP contribution in [0, 0.1) is 0 Å². The Balaban J connectivity index is -0.00000000500. The summed E-state index contributed by atoms with van der Waals surface area (Å²) in [7, 11) is 1.00. The second kappa shape index (κ2) is 78.3. The van der Waals surface area contributed by atoms with Crippen LogP contribution in [0.15, 0.2) is 0 Å². The van der Waals surface area contributed by atoms with Crippen LogP contribution in [0.3, 0.4) is 0 Å². The van der Waals surface area contributed by atoms with Crippen LogP contribution in [0.2, 0.25) is 0 Å². The highest BCUT2D eigenvalue weighted by Gasteiger charge is 0.839. The Labute approximate surface area is 37.8 Å². The Morgan fingerprint density at radius 2 is 1.00 bits per heavy atom. The van der Waals surface area contributed by atoms with Gasteiger partial charge >= 0.3 is 0 Å². The molecule has 0 amide bonds. The molecular formula is CH6Cl2O. The van der Waals surface area contributed by atoms with Crippen molar-refractivity contribution in [2.24, 2.45) is 0 Å². The molecule has 1 N–H and O–H groups in total. The minimum atomic E-state index is 0. The van der Waals surface area contributed by atoms with Crippen LogP contribution in [0.1, 0.15) is 0 Å². The van der Waals surface area contributed by atoms with Gasteiger partial charge in [0.25, 0.3) is 0 Å². The van der Waals surface area contributed by atoms with Gasteiger partial charge < -0.3 is 5.11 Å². The van der Waals surface area contributed by atoms with Crippen LogP contribution < -0.4 is 0 Å². The fourth-order valence-electron chi connectivity index (χ4n) is 0. The molecule has 3 heteroatoms. The Bertz CT molecular complexity index is 6.00. The normalized spacial score (nSPS) is 1.50. The fourth-order valence-corrected chi connectivity index (χ4v) is 0. The second-order valence-corrected chi connectivity index (χ2v) is 0. The van der Waals surface area contributed by atoms with Crippen molar-refractivity contribution in [3.05, 3.63) is 0 Å². The van der Waals surface area contributed by atoms with E-state index in [0.29, 0.717) is 0 Å². The van der Waals surface area contributed by atoms with Gasteiger partial charge in [-0.15, -0.1) is 24.8 Å². The molecule has 0 spiro atoms. The van der Waals surface area contributed by atoms with E-state index in [0.717, 1.165) is 7.11 Å². The summed E-state index contributed by atoms with van der Waals surface area (Å²) < 4.78 is 0. The van der Waals surface area contributed by atoms with Crippen molar-refractivity contribution >= 4 is 24.8 Å². The van der Waals surface area contributed by atoms with Gasteiger partial charge in [0.05, 0.1) is 0 Å². The van der Waals surface area contributed by atoms with Crippen LogP contribution in [0.4, 0.5) is 0 Å². The maximum atomic E-state index is 7.00. The third kappa shape index (κ3) is 20.7. The van der Waals surface area contributed by atoms with Crippen LogP contribution in [0.25, 0.3) is 0 Å². The molecule has 0 aromatic carbocycles. The third-order valence-corrected chi connectivity index (χ3v) is 0. The van der Waals surface area contributed by atoms with E-state index in [1.54, 1.807) is 0 Å². The number of hydrogen-bond donors (Lipinski definition) is 1. The van der Waals surface area contributed by atoms with Crippen molar-refractivity contribution in [3.63, 3.8) is 0 Å². The van der Waals surface area contributed by atoms with Crippen LogP contribution in [0.5, 0.6) is 0 Å². The molecule has 0 aliphatic heterocycles. The molecule has 0 aromatic rings. The molecule has 0 saturated heterocycles. The highest BCUT2D eigenvalue weighted by atomic mass is 35.5. The van der Waals surface area contributed by atoms with Gasteiger partial charge in [-0.1, -0.05) is 0 Å². The average molecular weight is 105 g/mol. The first kappa shape index (κ1) is 24.0. The minimum Gasteiger partial charge on any atom is -0.400 e. The number of aliphatic hydroxyl groups is 1. The molecule has 30 valence electrons. The third-order valence-electron chi connectivity index (χ3n) is 0. The summed E-state index contributed by atoms with van der Waals surface area (Å²) >= 11 is 0. The van der Waals surface area contributed by atoms with Crippen molar-refractivity contribution < 1.29 is 5.11 Å². The van der Waals surface area contributed by atoms with Gasteiger partial charge in [-0.2, -0.15) is 0 Å². The molecule has 4 heavy (non-hydrogen) atoms. The molecular weight excluding hydrogens is 98.9 g/mol. The van der Waals surface area contributed by atoms with Gasteiger partial charge in [-0.05, 0) is 0 Å². The Morgan fingerprint density at radius 1 is 1.00 bits per heavy atom. The minimum absolute atomic E-state index is 0. The highest BCUT2D eigenvalue weighted by molar-refractivity contribution is 5.85. The van der Waals surface area contributed by atoms with Crippen molar-refractivity contribution in [1.29, 1.82) is 0 Å². The molecule has 0 aliphatic carbocycles. The lowest BCUT2D eigenvalue weighted by Gasteiger charge is -1.21. The predicted octanol–water partition coefficient (Wildman–Crippen LogP) is 0.452. The van der Waals surface area contributed by atoms with Crippen molar-refractivity contribution in [2.45, 2.75) is 0 Å². The van der Waals surface area contributed by atoms with Gasteiger partial charge in [-0.25, -0.2) is 0 Å². The Morgan fingerprint density at radius 3 is 1.00 bits per heavy atom. The van der Waals surface area contributed by atoms with E-state index in [1.807, 2.05) is 0 Å². The summed E-state index contributed by atoms with van der Waals surface area (Å²) in [5.74, 6) is 0. The first-order valence-corrected chi connectivity index (χ1v) is 0.447. The molecule has 0 atom stereocenters. The average Bonchev–Trinajstić information content (AvgIpc) is 1.00. The first-order valence-electron chi connectivity index (χ1n) is 0.447. The van der Waals surface area contributed by atoms with Crippen molar-refractivity contribution in [3.8, 4) is 0 Å². The predicted molar refractivity (Wildman–Crippen MR) is 22.6 cm³/mol. The highest BCUT2D eigenvalue weighted by Crippen LogP contribution is 0.755. The summed E-state index contributed by atoms with van der Waals surface area (Å²) in [6, 6.07) is 0. The van der Waals surface area contributed by atoms with Gasteiger partial charge in [0, 0.05) is 7.11 Å². The molecule has 0 saturated carbocycles. The molecule has 1 nitrogen and oxygen atoms in total. The van der Waals surface area contributed by atoms with E-state index in [-0.39, 0.29) is 24.8 Å². The van der Waals surface area contributed by atoms with Crippen LogP contribution >= 0.6 is 24.8 Å². The molecule has 0 heterocycles. The lowest BCUT2D eigenvalue weighted by molar-refractivity contribution is 0.399. The summed E-state index contributed by atoms with van der Waals surface area (Å²) in [5.41, 5.74) is 0. The zero-order valence-electron chi connectivity index (χ0n) is 2.26. The fraction of sp³-hybridized carbons (Fsp3) is 1.00. The van der Waals surface area contributed by atoms with E-state index < -0.39 is 0 Å². The Hall–Kier alpha value is 0.540. The van der Waals surface area contributed by atoms with E-state index in [1.165, 1.54) is 0 Å².